The zero-order valence-electron chi connectivity index (χ0n) is 9.60. The largest absolute Gasteiger partial charge is 0.468 e. The van der Waals surface area contributed by atoms with E-state index in [1.807, 2.05) is 29.6 Å². The summed E-state index contributed by atoms with van der Waals surface area (Å²) < 4.78 is 5.76. The summed E-state index contributed by atoms with van der Waals surface area (Å²) in [5.74, 6) is -1.50. The molecule has 17 heavy (non-hydrogen) atoms. The summed E-state index contributed by atoms with van der Waals surface area (Å²) in [4.78, 5) is 23.2. The van der Waals surface area contributed by atoms with E-state index in [4.69, 9.17) is 4.74 Å². The second-order valence-electron chi connectivity index (χ2n) is 3.75. The minimum atomic E-state index is -0.809. The molecule has 0 saturated carbocycles. The molecule has 1 unspecified atom stereocenters. The van der Waals surface area contributed by atoms with Crippen LogP contribution in [0, 0.1) is 0 Å². The monoisotopic (exact) mass is 248 g/mol. The summed E-state index contributed by atoms with van der Waals surface area (Å²) in [6, 6.07) is 7.72. The Morgan fingerprint density at radius 1 is 1.29 bits per heavy atom. The Labute approximate surface area is 103 Å². The number of hydrogen-bond acceptors (Lipinski definition) is 4. The molecule has 0 radical (unpaired) electrons. The van der Waals surface area contributed by atoms with Gasteiger partial charge in [0.15, 0.2) is 0 Å². The van der Waals surface area contributed by atoms with E-state index in [2.05, 4.69) is 0 Å². The molecule has 3 nitrogen and oxygen atoms in total. The molecular formula is C13H12O3S. The quantitative estimate of drug-likeness (QED) is 0.619. The summed E-state index contributed by atoms with van der Waals surface area (Å²) in [5.41, 5.74) is 0.741. The fourth-order valence-electron chi connectivity index (χ4n) is 1.85. The molecule has 0 amide bonds. The smallest absolute Gasteiger partial charge is 0.320 e. The number of ether oxygens (including phenoxy) is 1. The predicted molar refractivity (Wildman–Crippen MR) is 67.3 cm³/mol. The van der Waals surface area contributed by atoms with Gasteiger partial charge in [-0.2, -0.15) is 0 Å². The van der Waals surface area contributed by atoms with Crippen LogP contribution in [0.15, 0.2) is 29.6 Å². The third-order valence-corrected chi connectivity index (χ3v) is 3.65. The van der Waals surface area contributed by atoms with Crippen LogP contribution >= 0.6 is 11.3 Å². The fourth-order valence-corrected chi connectivity index (χ4v) is 2.84. The SMILES string of the molecule is COC(=O)C(C(C)=O)c1csc2ccccc12. The van der Waals surface area contributed by atoms with Crippen LogP contribution in [-0.2, 0) is 14.3 Å². The molecule has 0 spiro atoms. The minimum Gasteiger partial charge on any atom is -0.468 e. The lowest BCUT2D eigenvalue weighted by atomic mass is 9.95. The third-order valence-electron chi connectivity index (χ3n) is 2.67. The zero-order chi connectivity index (χ0) is 12.4. The first-order valence-corrected chi connectivity index (χ1v) is 6.07. The second kappa shape index (κ2) is 4.67. The number of carbonyl (C=O) groups is 2. The Morgan fingerprint density at radius 3 is 2.65 bits per heavy atom. The zero-order valence-corrected chi connectivity index (χ0v) is 10.4. The van der Waals surface area contributed by atoms with Gasteiger partial charge in [-0.1, -0.05) is 18.2 Å². The van der Waals surface area contributed by atoms with Crippen LogP contribution in [0.4, 0.5) is 0 Å². The van der Waals surface area contributed by atoms with Crippen LogP contribution in [0.1, 0.15) is 18.4 Å². The number of Topliss-reactive ketones (excluding diaryl/α,β-unsaturated/α-hetero) is 1. The van der Waals surface area contributed by atoms with E-state index in [-0.39, 0.29) is 5.78 Å². The normalized spacial score (nSPS) is 12.4. The van der Waals surface area contributed by atoms with Gasteiger partial charge in [0.05, 0.1) is 7.11 Å². The van der Waals surface area contributed by atoms with Crippen molar-refractivity contribution in [2.75, 3.05) is 7.11 Å². The Bertz CT molecular complexity index is 571. The predicted octanol–water partition coefficient (Wildman–Crippen LogP) is 2.75. The van der Waals surface area contributed by atoms with Crippen molar-refractivity contribution in [1.82, 2.24) is 0 Å². The average molecular weight is 248 g/mol. The van der Waals surface area contributed by atoms with Crippen molar-refractivity contribution in [2.24, 2.45) is 0 Å². The number of thiophene rings is 1. The number of rotatable bonds is 3. The van der Waals surface area contributed by atoms with Crippen molar-refractivity contribution in [3.05, 3.63) is 35.2 Å². The average Bonchev–Trinajstić information content (AvgIpc) is 2.73. The van der Waals surface area contributed by atoms with Crippen LogP contribution in [0.2, 0.25) is 0 Å². The molecule has 0 fully saturated rings. The second-order valence-corrected chi connectivity index (χ2v) is 4.67. The Hall–Kier alpha value is -1.68. The summed E-state index contributed by atoms with van der Waals surface area (Å²) in [6.45, 7) is 1.41. The highest BCUT2D eigenvalue weighted by Crippen LogP contribution is 2.32. The number of carbonyl (C=O) groups excluding carboxylic acids is 2. The van der Waals surface area contributed by atoms with E-state index in [0.717, 1.165) is 15.6 Å². The van der Waals surface area contributed by atoms with E-state index >= 15 is 0 Å². The summed E-state index contributed by atoms with van der Waals surface area (Å²) in [7, 11) is 1.30. The van der Waals surface area contributed by atoms with Crippen molar-refractivity contribution < 1.29 is 14.3 Å². The van der Waals surface area contributed by atoms with E-state index < -0.39 is 11.9 Å². The number of methoxy groups -OCH3 is 1. The highest BCUT2D eigenvalue weighted by molar-refractivity contribution is 7.17. The molecule has 0 aliphatic rings. The molecule has 0 saturated heterocycles. The van der Waals surface area contributed by atoms with E-state index in [9.17, 15) is 9.59 Å². The highest BCUT2D eigenvalue weighted by Gasteiger charge is 2.28. The maximum Gasteiger partial charge on any atom is 0.320 e. The van der Waals surface area contributed by atoms with E-state index in [1.165, 1.54) is 25.4 Å². The first-order valence-electron chi connectivity index (χ1n) is 5.19. The first-order chi connectivity index (χ1) is 8.15. The molecule has 0 N–H and O–H groups in total. The number of ketones is 1. The van der Waals surface area contributed by atoms with Gasteiger partial charge in [-0.05, 0) is 29.3 Å². The van der Waals surface area contributed by atoms with E-state index in [1.54, 1.807) is 0 Å². The summed E-state index contributed by atoms with van der Waals surface area (Å²) in [6.07, 6.45) is 0. The molecule has 1 atom stereocenters. The van der Waals surface area contributed by atoms with Crippen molar-refractivity contribution in [3.63, 3.8) is 0 Å². The molecule has 2 rings (SSSR count). The van der Waals surface area contributed by atoms with Crippen LogP contribution in [0.5, 0.6) is 0 Å². The maximum absolute atomic E-state index is 11.7. The summed E-state index contributed by atoms with van der Waals surface area (Å²) >= 11 is 1.53. The van der Waals surface area contributed by atoms with Gasteiger partial charge in [0.1, 0.15) is 11.7 Å². The highest BCUT2D eigenvalue weighted by atomic mass is 32.1. The number of hydrogen-bond donors (Lipinski definition) is 0. The first kappa shape index (κ1) is 11.8. The van der Waals surface area contributed by atoms with Crippen LogP contribution in [-0.4, -0.2) is 18.9 Å². The summed E-state index contributed by atoms with van der Waals surface area (Å²) in [5, 5.41) is 2.80. The lowest BCUT2D eigenvalue weighted by Gasteiger charge is -2.10. The van der Waals surface area contributed by atoms with Gasteiger partial charge in [0, 0.05) is 4.70 Å². The van der Waals surface area contributed by atoms with Crippen LogP contribution in [0.25, 0.3) is 10.1 Å². The van der Waals surface area contributed by atoms with Gasteiger partial charge in [0.25, 0.3) is 0 Å². The van der Waals surface area contributed by atoms with Gasteiger partial charge in [-0.25, -0.2) is 0 Å². The fraction of sp³-hybridized carbons (Fsp3) is 0.231. The van der Waals surface area contributed by atoms with Crippen LogP contribution < -0.4 is 0 Å². The molecule has 88 valence electrons. The van der Waals surface area contributed by atoms with Gasteiger partial charge in [-0.3, -0.25) is 9.59 Å². The number of esters is 1. The lowest BCUT2D eigenvalue weighted by molar-refractivity contribution is -0.145. The number of fused-ring (bicyclic) bond motifs is 1. The molecular weight excluding hydrogens is 236 g/mol. The number of benzene rings is 1. The van der Waals surface area contributed by atoms with Crippen molar-refractivity contribution in [1.29, 1.82) is 0 Å². The molecule has 1 aromatic heterocycles. The molecule has 0 bridgehead atoms. The molecule has 0 aliphatic carbocycles. The maximum atomic E-state index is 11.7. The molecule has 0 aliphatic heterocycles. The Kier molecular flexibility index (Phi) is 3.24. The van der Waals surface area contributed by atoms with Gasteiger partial charge >= 0.3 is 5.97 Å². The van der Waals surface area contributed by atoms with Crippen molar-refractivity contribution in [3.8, 4) is 0 Å². The topological polar surface area (TPSA) is 43.4 Å². The Balaban J connectivity index is 2.57. The standard InChI is InChI=1S/C13H12O3S/c1-8(14)12(13(15)16-2)10-7-17-11-6-4-3-5-9(10)11/h3-7,12H,1-2H3. The molecule has 4 heteroatoms. The molecule has 1 heterocycles. The minimum absolute atomic E-state index is 0.194. The molecule has 2 aromatic rings. The van der Waals surface area contributed by atoms with Gasteiger partial charge in [-0.15, -0.1) is 11.3 Å². The lowest BCUT2D eigenvalue weighted by Crippen LogP contribution is -2.20. The van der Waals surface area contributed by atoms with Crippen molar-refractivity contribution >= 4 is 33.2 Å². The Morgan fingerprint density at radius 2 is 2.00 bits per heavy atom. The van der Waals surface area contributed by atoms with Crippen molar-refractivity contribution in [2.45, 2.75) is 12.8 Å². The molecule has 1 aromatic carbocycles. The van der Waals surface area contributed by atoms with E-state index in [0.29, 0.717) is 0 Å². The van der Waals surface area contributed by atoms with Gasteiger partial charge < -0.3 is 4.74 Å². The van der Waals surface area contributed by atoms with Gasteiger partial charge in [0.2, 0.25) is 0 Å². The third kappa shape index (κ3) is 2.08. The van der Waals surface area contributed by atoms with Crippen LogP contribution in [0.3, 0.4) is 0 Å².